The predicted octanol–water partition coefficient (Wildman–Crippen LogP) is 1.17. The molecule has 0 radical (unpaired) electrons. The van der Waals surface area contributed by atoms with Gasteiger partial charge in [-0.15, -0.1) is 0 Å². The van der Waals surface area contributed by atoms with E-state index in [1.54, 1.807) is 7.05 Å². The van der Waals surface area contributed by atoms with Crippen LogP contribution in [0, 0.1) is 5.92 Å². The quantitative estimate of drug-likeness (QED) is 0.610. The molecule has 0 bridgehead atoms. The van der Waals surface area contributed by atoms with Gasteiger partial charge >= 0.3 is 12.0 Å². The summed E-state index contributed by atoms with van der Waals surface area (Å²) >= 11 is 0. The first-order valence-corrected chi connectivity index (χ1v) is 6.22. The Bertz CT molecular complexity index is 256. The Balaban J connectivity index is 3.49. The molecule has 0 aromatic heterocycles. The van der Waals surface area contributed by atoms with Crippen molar-refractivity contribution in [1.82, 2.24) is 10.2 Å². The second-order valence-corrected chi connectivity index (χ2v) is 4.62. The van der Waals surface area contributed by atoms with Crippen LogP contribution in [-0.2, 0) is 9.53 Å². The maximum absolute atomic E-state index is 11.5. The van der Waals surface area contributed by atoms with Crippen molar-refractivity contribution >= 4 is 12.0 Å². The molecule has 0 saturated carbocycles. The fourth-order valence-corrected chi connectivity index (χ4v) is 1.19. The number of ether oxygens (including phenoxy) is 1. The normalized spacial score (nSPS) is 10.4. The van der Waals surface area contributed by atoms with E-state index in [-0.39, 0.29) is 19.0 Å². The van der Waals surface area contributed by atoms with Crippen molar-refractivity contribution in [1.29, 1.82) is 0 Å². The summed E-state index contributed by atoms with van der Waals surface area (Å²) in [5, 5.41) is 11.2. The molecule has 0 aromatic rings. The Labute approximate surface area is 108 Å². The fourth-order valence-electron chi connectivity index (χ4n) is 1.19. The van der Waals surface area contributed by atoms with E-state index < -0.39 is 5.97 Å². The Morgan fingerprint density at radius 2 is 2.06 bits per heavy atom. The van der Waals surface area contributed by atoms with Crippen LogP contribution in [0.3, 0.4) is 0 Å². The minimum atomic E-state index is -0.906. The maximum Gasteiger partial charge on any atom is 0.317 e. The average molecular weight is 260 g/mol. The number of hydrogen-bond donors (Lipinski definition) is 2. The molecule has 106 valence electrons. The van der Waals surface area contributed by atoms with Crippen molar-refractivity contribution in [2.75, 3.05) is 33.4 Å². The van der Waals surface area contributed by atoms with E-state index in [1.165, 1.54) is 4.90 Å². The van der Waals surface area contributed by atoms with E-state index in [9.17, 15) is 9.59 Å². The number of nitrogens with zero attached hydrogens (tertiary/aromatic N) is 1. The number of carboxylic acids is 1. The standard InChI is InChI=1S/C12H24N2O4/c1-10(2)9-18-8-4-6-13-12(17)14(3)7-5-11(15)16/h10H,4-9H2,1-3H3,(H,13,17)(H,15,16). The summed E-state index contributed by atoms with van der Waals surface area (Å²) in [6.07, 6.45) is 0.715. The highest BCUT2D eigenvalue weighted by Gasteiger charge is 2.08. The van der Waals surface area contributed by atoms with Crippen LogP contribution in [0.5, 0.6) is 0 Å². The molecule has 0 aliphatic rings. The summed E-state index contributed by atoms with van der Waals surface area (Å²) in [6.45, 7) is 6.27. The average Bonchev–Trinajstić information content (AvgIpc) is 2.29. The van der Waals surface area contributed by atoms with Gasteiger partial charge in [0.25, 0.3) is 0 Å². The monoisotopic (exact) mass is 260 g/mol. The Kier molecular flexibility index (Phi) is 9.00. The SMILES string of the molecule is CC(C)COCCCNC(=O)N(C)CCC(=O)O. The molecule has 0 heterocycles. The third-order valence-electron chi connectivity index (χ3n) is 2.20. The van der Waals surface area contributed by atoms with E-state index >= 15 is 0 Å². The molecule has 18 heavy (non-hydrogen) atoms. The summed E-state index contributed by atoms with van der Waals surface area (Å²) in [7, 11) is 1.58. The van der Waals surface area contributed by atoms with Crippen LogP contribution in [0.1, 0.15) is 26.7 Å². The second-order valence-electron chi connectivity index (χ2n) is 4.62. The first kappa shape index (κ1) is 16.7. The number of hydrogen-bond acceptors (Lipinski definition) is 3. The van der Waals surface area contributed by atoms with Gasteiger partial charge in [-0.25, -0.2) is 4.79 Å². The second kappa shape index (κ2) is 9.70. The van der Waals surface area contributed by atoms with Crippen molar-refractivity contribution in [3.63, 3.8) is 0 Å². The van der Waals surface area contributed by atoms with Crippen LogP contribution in [0.25, 0.3) is 0 Å². The number of nitrogens with one attached hydrogen (secondary N) is 1. The maximum atomic E-state index is 11.5. The zero-order valence-electron chi connectivity index (χ0n) is 11.4. The van der Waals surface area contributed by atoms with Crippen molar-refractivity contribution in [3.8, 4) is 0 Å². The largest absolute Gasteiger partial charge is 0.481 e. The number of rotatable bonds is 9. The zero-order valence-corrected chi connectivity index (χ0v) is 11.4. The first-order chi connectivity index (χ1) is 8.43. The molecule has 6 heteroatoms. The Morgan fingerprint density at radius 3 is 2.61 bits per heavy atom. The highest BCUT2D eigenvalue weighted by molar-refractivity contribution is 5.74. The summed E-state index contributed by atoms with van der Waals surface area (Å²) in [4.78, 5) is 23.2. The summed E-state index contributed by atoms with van der Waals surface area (Å²) in [5.41, 5.74) is 0. The molecule has 0 spiro atoms. The van der Waals surface area contributed by atoms with Crippen LogP contribution in [0.4, 0.5) is 4.79 Å². The minimum Gasteiger partial charge on any atom is -0.481 e. The molecule has 0 rings (SSSR count). The Morgan fingerprint density at radius 1 is 1.39 bits per heavy atom. The molecule has 0 unspecified atom stereocenters. The number of amides is 2. The van der Waals surface area contributed by atoms with Crippen LogP contribution >= 0.6 is 0 Å². The van der Waals surface area contributed by atoms with E-state index in [4.69, 9.17) is 9.84 Å². The number of carbonyl (C=O) groups is 2. The smallest absolute Gasteiger partial charge is 0.317 e. The van der Waals surface area contributed by atoms with E-state index in [0.717, 1.165) is 13.0 Å². The number of carbonyl (C=O) groups excluding carboxylic acids is 1. The molecule has 2 N–H and O–H groups in total. The molecule has 0 atom stereocenters. The van der Waals surface area contributed by atoms with Gasteiger partial charge in [-0.2, -0.15) is 0 Å². The van der Waals surface area contributed by atoms with Crippen molar-refractivity contribution in [2.24, 2.45) is 5.92 Å². The van der Waals surface area contributed by atoms with Crippen LogP contribution < -0.4 is 5.32 Å². The van der Waals surface area contributed by atoms with Crippen LogP contribution in [0.2, 0.25) is 0 Å². The van der Waals surface area contributed by atoms with Gasteiger partial charge < -0.3 is 20.1 Å². The molecule has 6 nitrogen and oxygen atoms in total. The zero-order chi connectivity index (χ0) is 14.0. The first-order valence-electron chi connectivity index (χ1n) is 6.22. The molecular weight excluding hydrogens is 236 g/mol. The van der Waals surface area contributed by atoms with Crippen molar-refractivity contribution < 1.29 is 19.4 Å². The van der Waals surface area contributed by atoms with Gasteiger partial charge in [0.05, 0.1) is 6.42 Å². The molecule has 0 saturated heterocycles. The summed E-state index contributed by atoms with van der Waals surface area (Å²) < 4.78 is 5.37. The Hall–Kier alpha value is -1.30. The lowest BCUT2D eigenvalue weighted by Crippen LogP contribution is -2.39. The topological polar surface area (TPSA) is 78.9 Å². The van der Waals surface area contributed by atoms with E-state index in [1.807, 2.05) is 0 Å². The van der Waals surface area contributed by atoms with Gasteiger partial charge in [0.15, 0.2) is 0 Å². The van der Waals surface area contributed by atoms with Crippen LogP contribution in [-0.4, -0.2) is 55.4 Å². The third-order valence-corrected chi connectivity index (χ3v) is 2.20. The molecule has 0 aliphatic heterocycles. The van der Waals surface area contributed by atoms with Gasteiger partial charge in [-0.3, -0.25) is 4.79 Å². The summed E-state index contributed by atoms with van der Waals surface area (Å²) in [5.74, 6) is -0.390. The molecule has 0 fully saturated rings. The molecule has 0 aliphatic carbocycles. The number of carboxylic acid groups (broad SMARTS) is 1. The summed E-state index contributed by atoms with van der Waals surface area (Å²) in [6, 6.07) is -0.250. The van der Waals surface area contributed by atoms with Gasteiger partial charge in [0.2, 0.25) is 0 Å². The lowest BCUT2D eigenvalue weighted by atomic mass is 10.2. The van der Waals surface area contributed by atoms with Crippen molar-refractivity contribution in [3.05, 3.63) is 0 Å². The number of aliphatic carboxylic acids is 1. The third kappa shape index (κ3) is 9.89. The highest BCUT2D eigenvalue weighted by Crippen LogP contribution is 1.93. The van der Waals surface area contributed by atoms with Crippen LogP contribution in [0.15, 0.2) is 0 Å². The van der Waals surface area contributed by atoms with Gasteiger partial charge in [0.1, 0.15) is 0 Å². The molecular formula is C12H24N2O4. The van der Waals surface area contributed by atoms with Gasteiger partial charge in [-0.05, 0) is 12.3 Å². The number of urea groups is 1. The van der Waals surface area contributed by atoms with Crippen molar-refractivity contribution in [2.45, 2.75) is 26.7 Å². The minimum absolute atomic E-state index is 0.0403. The van der Waals surface area contributed by atoms with E-state index in [0.29, 0.717) is 19.1 Å². The highest BCUT2D eigenvalue weighted by atomic mass is 16.5. The van der Waals surface area contributed by atoms with E-state index in [2.05, 4.69) is 19.2 Å². The lowest BCUT2D eigenvalue weighted by molar-refractivity contribution is -0.137. The lowest BCUT2D eigenvalue weighted by Gasteiger charge is -2.16. The molecule has 0 aromatic carbocycles. The predicted molar refractivity (Wildman–Crippen MR) is 68.6 cm³/mol. The fraction of sp³-hybridized carbons (Fsp3) is 0.833. The molecule has 2 amide bonds. The van der Waals surface area contributed by atoms with Gasteiger partial charge in [-0.1, -0.05) is 13.8 Å². The van der Waals surface area contributed by atoms with Gasteiger partial charge in [0, 0.05) is 33.4 Å².